The Hall–Kier alpha value is -5.34. The van der Waals surface area contributed by atoms with Crippen molar-refractivity contribution in [2.24, 2.45) is 0 Å². The number of pyridine rings is 1. The van der Waals surface area contributed by atoms with E-state index in [1.165, 1.54) is 0 Å². The van der Waals surface area contributed by atoms with E-state index in [0.29, 0.717) is 44.2 Å². The van der Waals surface area contributed by atoms with Crippen LogP contribution in [0.4, 0.5) is 11.6 Å². The molecule has 0 aliphatic heterocycles. The first-order chi connectivity index (χ1) is 21.7. The minimum Gasteiger partial charge on any atom is -0.492 e. The highest BCUT2D eigenvalue weighted by Crippen LogP contribution is 2.22. The zero-order valence-corrected chi connectivity index (χ0v) is 25.7. The largest absolute Gasteiger partial charge is 0.492 e. The highest BCUT2D eigenvalue weighted by atomic mass is 16.6. The molecule has 11 nitrogen and oxygen atoms in total. The Labute approximate surface area is 263 Å². The van der Waals surface area contributed by atoms with Crippen molar-refractivity contribution in [2.45, 2.75) is 39.3 Å². The highest BCUT2D eigenvalue weighted by molar-refractivity contribution is 5.96. The second-order valence-corrected chi connectivity index (χ2v) is 11.2. The fourth-order valence-corrected chi connectivity index (χ4v) is 4.27. The number of aromatic nitrogens is 3. The number of hydrogen-bond acceptors (Lipinski definition) is 10. The summed E-state index contributed by atoms with van der Waals surface area (Å²) in [5, 5.41) is 14.8. The number of benzene rings is 2. The summed E-state index contributed by atoms with van der Waals surface area (Å²) in [6.07, 6.45) is 7.44. The summed E-state index contributed by atoms with van der Waals surface area (Å²) in [6.45, 7) is 7.65. The molecule has 0 spiro atoms. The number of rotatable bonds is 14. The molecule has 0 saturated heterocycles. The Morgan fingerprint density at radius 1 is 0.933 bits per heavy atom. The zero-order chi connectivity index (χ0) is 32.1. The van der Waals surface area contributed by atoms with Crippen LogP contribution in [0, 0.1) is 11.3 Å². The summed E-state index contributed by atoms with van der Waals surface area (Å²) in [5.41, 5.74) is 3.35. The third-order valence-corrected chi connectivity index (χ3v) is 6.40. The molecule has 0 saturated carbocycles. The fourth-order valence-electron chi connectivity index (χ4n) is 4.27. The SMILES string of the molecule is CC(C)(C)OC(=O)CNC(=O)c1ccc(-c2cnc(Nc3ccc(OCCN(CCC#N)Cc4cccnc4)cc3)nc2)cc1. The van der Waals surface area contributed by atoms with Gasteiger partial charge in [0.1, 0.15) is 24.5 Å². The third kappa shape index (κ3) is 11.0. The summed E-state index contributed by atoms with van der Waals surface area (Å²) in [7, 11) is 0. The Balaban J connectivity index is 1.24. The fraction of sp³-hybridized carbons (Fsp3) is 0.294. The number of carbonyl (C=O) groups excluding carboxylic acids is 2. The topological polar surface area (TPSA) is 142 Å². The number of nitrogens with one attached hydrogen (secondary N) is 2. The maximum atomic E-state index is 12.4. The van der Waals surface area contributed by atoms with Gasteiger partial charge >= 0.3 is 5.97 Å². The Bertz CT molecular complexity index is 1570. The number of nitrogens with zero attached hydrogens (tertiary/aromatic N) is 5. The first-order valence-corrected chi connectivity index (χ1v) is 14.6. The van der Waals surface area contributed by atoms with E-state index in [1.807, 2.05) is 42.6 Å². The highest BCUT2D eigenvalue weighted by Gasteiger charge is 2.17. The first kappa shape index (κ1) is 32.6. The van der Waals surface area contributed by atoms with Crippen molar-refractivity contribution in [1.82, 2.24) is 25.2 Å². The maximum absolute atomic E-state index is 12.4. The lowest BCUT2D eigenvalue weighted by Gasteiger charge is -2.21. The predicted octanol–water partition coefficient (Wildman–Crippen LogP) is 5.15. The van der Waals surface area contributed by atoms with E-state index in [4.69, 9.17) is 14.7 Å². The molecule has 0 radical (unpaired) electrons. The van der Waals surface area contributed by atoms with Crippen LogP contribution in [-0.2, 0) is 16.1 Å². The van der Waals surface area contributed by atoms with Gasteiger partial charge in [-0.2, -0.15) is 5.26 Å². The van der Waals surface area contributed by atoms with Crippen molar-refractivity contribution in [2.75, 3.05) is 31.6 Å². The number of anilines is 2. The van der Waals surface area contributed by atoms with Gasteiger partial charge in [0, 0.05) is 67.7 Å². The van der Waals surface area contributed by atoms with E-state index in [-0.39, 0.29) is 12.5 Å². The maximum Gasteiger partial charge on any atom is 0.325 e. The van der Waals surface area contributed by atoms with Crippen molar-refractivity contribution >= 4 is 23.5 Å². The lowest BCUT2D eigenvalue weighted by Crippen LogP contribution is -2.34. The average molecular weight is 608 g/mol. The predicted molar refractivity (Wildman–Crippen MR) is 171 cm³/mol. The Morgan fingerprint density at radius 2 is 1.67 bits per heavy atom. The third-order valence-electron chi connectivity index (χ3n) is 6.40. The van der Waals surface area contributed by atoms with E-state index in [2.05, 4.69) is 36.6 Å². The smallest absolute Gasteiger partial charge is 0.325 e. The number of amides is 1. The molecule has 0 atom stereocenters. The molecule has 11 heteroatoms. The van der Waals surface area contributed by atoms with Gasteiger partial charge in [0.2, 0.25) is 5.95 Å². The van der Waals surface area contributed by atoms with Crippen LogP contribution >= 0.6 is 0 Å². The average Bonchev–Trinajstić information content (AvgIpc) is 3.03. The molecule has 4 aromatic rings. The van der Waals surface area contributed by atoms with Crippen molar-refractivity contribution in [1.29, 1.82) is 5.26 Å². The number of nitriles is 1. The molecule has 1 amide bonds. The number of hydrogen-bond donors (Lipinski definition) is 2. The Morgan fingerprint density at radius 3 is 2.31 bits per heavy atom. The van der Waals surface area contributed by atoms with Crippen LogP contribution in [0.15, 0.2) is 85.5 Å². The van der Waals surface area contributed by atoms with Gasteiger partial charge in [-0.05, 0) is 74.4 Å². The quantitative estimate of drug-likeness (QED) is 0.185. The van der Waals surface area contributed by atoms with Gasteiger partial charge in [-0.15, -0.1) is 0 Å². The van der Waals surface area contributed by atoms with Gasteiger partial charge in [-0.1, -0.05) is 18.2 Å². The molecule has 0 fully saturated rings. The van der Waals surface area contributed by atoms with Crippen molar-refractivity contribution in [3.63, 3.8) is 0 Å². The monoisotopic (exact) mass is 607 g/mol. The second kappa shape index (κ2) is 15.9. The molecule has 2 heterocycles. The molecule has 0 aliphatic carbocycles. The standard InChI is InChI=1S/C34H37N7O4/c1-34(2,3)45-31(42)23-37-32(43)27-9-7-26(8-10-27)28-21-38-33(39-22-28)40-29-11-13-30(14-12-29)44-19-18-41(17-5-15-35)24-25-6-4-16-36-20-25/h4,6-14,16,20-22H,5,17-19,23-24H2,1-3H3,(H,37,43)(H,38,39,40). The lowest BCUT2D eigenvalue weighted by atomic mass is 10.1. The van der Waals surface area contributed by atoms with Crippen LogP contribution < -0.4 is 15.4 Å². The van der Waals surface area contributed by atoms with Crippen LogP contribution in [0.5, 0.6) is 5.75 Å². The second-order valence-electron chi connectivity index (χ2n) is 11.2. The van der Waals surface area contributed by atoms with Gasteiger partial charge in [0.15, 0.2) is 0 Å². The molecule has 0 unspecified atom stereocenters. The van der Waals surface area contributed by atoms with Gasteiger partial charge in [-0.25, -0.2) is 9.97 Å². The van der Waals surface area contributed by atoms with Crippen LogP contribution in [0.2, 0.25) is 0 Å². The number of esters is 1. The van der Waals surface area contributed by atoms with Crippen molar-refractivity contribution in [3.8, 4) is 22.9 Å². The van der Waals surface area contributed by atoms with Crippen LogP contribution in [-0.4, -0.2) is 63.6 Å². The molecule has 4 rings (SSSR count). The van der Waals surface area contributed by atoms with E-state index >= 15 is 0 Å². The molecule has 2 N–H and O–H groups in total. The molecular weight excluding hydrogens is 570 g/mol. The Kier molecular flexibility index (Phi) is 11.5. The van der Waals surface area contributed by atoms with E-state index in [0.717, 1.165) is 28.1 Å². The van der Waals surface area contributed by atoms with E-state index < -0.39 is 11.6 Å². The molecule has 2 aromatic heterocycles. The van der Waals surface area contributed by atoms with Crippen LogP contribution in [0.25, 0.3) is 11.1 Å². The lowest BCUT2D eigenvalue weighted by molar-refractivity contribution is -0.153. The summed E-state index contributed by atoms with van der Waals surface area (Å²) in [4.78, 5) is 39.4. The zero-order valence-electron chi connectivity index (χ0n) is 25.7. The molecular formula is C34H37N7O4. The van der Waals surface area contributed by atoms with Crippen LogP contribution in [0.1, 0.15) is 43.1 Å². The molecule has 0 bridgehead atoms. The summed E-state index contributed by atoms with van der Waals surface area (Å²) in [6, 6.07) is 20.6. The number of carbonyl (C=O) groups is 2. The van der Waals surface area contributed by atoms with Gasteiger partial charge < -0.3 is 20.1 Å². The summed E-state index contributed by atoms with van der Waals surface area (Å²) < 4.78 is 11.2. The van der Waals surface area contributed by atoms with Gasteiger partial charge in [0.05, 0.1) is 6.07 Å². The van der Waals surface area contributed by atoms with Crippen molar-refractivity contribution in [3.05, 3.63) is 96.6 Å². The molecule has 45 heavy (non-hydrogen) atoms. The van der Waals surface area contributed by atoms with Crippen LogP contribution in [0.3, 0.4) is 0 Å². The summed E-state index contributed by atoms with van der Waals surface area (Å²) >= 11 is 0. The molecule has 0 aliphatic rings. The van der Waals surface area contributed by atoms with Crippen molar-refractivity contribution < 1.29 is 19.1 Å². The number of ether oxygens (including phenoxy) is 2. The summed E-state index contributed by atoms with van der Waals surface area (Å²) in [5.74, 6) is 0.318. The minimum absolute atomic E-state index is 0.202. The van der Waals surface area contributed by atoms with Gasteiger partial charge in [-0.3, -0.25) is 19.5 Å². The molecule has 2 aromatic carbocycles. The minimum atomic E-state index is -0.610. The van der Waals surface area contributed by atoms with Gasteiger partial charge in [0.25, 0.3) is 5.91 Å². The normalized spacial score (nSPS) is 11.0. The molecule has 232 valence electrons. The van der Waals surface area contributed by atoms with E-state index in [1.54, 1.807) is 63.6 Å². The van der Waals surface area contributed by atoms with E-state index in [9.17, 15) is 9.59 Å². The first-order valence-electron chi connectivity index (χ1n) is 14.6.